The SMILES string of the molecule is CNN.Cc1cccc(N(C)CC(=O)N2CCOCC2C(F)(F)F)c1N(C=O)c1ccc(-c2cncc3c2cnn3C)nc1. The molecule has 1 aromatic carbocycles. The summed E-state index contributed by atoms with van der Waals surface area (Å²) < 4.78 is 47.3. The topological polar surface area (TPSA) is 135 Å². The van der Waals surface area contributed by atoms with Gasteiger partial charge in [-0.25, -0.2) is 0 Å². The highest BCUT2D eigenvalue weighted by Gasteiger charge is 2.47. The number of nitrogens with two attached hydrogens (primary N) is 1. The first-order valence-corrected chi connectivity index (χ1v) is 13.6. The predicted octanol–water partition coefficient (Wildman–Crippen LogP) is 2.94. The van der Waals surface area contributed by atoms with E-state index in [9.17, 15) is 22.8 Å². The average molecular weight is 614 g/mol. The number of anilines is 3. The first kappa shape index (κ1) is 32.3. The van der Waals surface area contributed by atoms with Crippen LogP contribution in [0.5, 0.6) is 0 Å². The maximum absolute atomic E-state index is 13.5. The van der Waals surface area contributed by atoms with Crippen molar-refractivity contribution in [1.29, 1.82) is 0 Å². The molecule has 12 nitrogen and oxygen atoms in total. The number of para-hydroxylation sites is 1. The van der Waals surface area contributed by atoms with Crippen LogP contribution < -0.4 is 21.1 Å². The Balaban J connectivity index is 0.00000141. The molecule has 0 bridgehead atoms. The molecule has 0 aliphatic carbocycles. The second-order valence-electron chi connectivity index (χ2n) is 10.1. The second kappa shape index (κ2) is 13.8. The number of amides is 2. The Morgan fingerprint density at radius 2 is 1.95 bits per heavy atom. The minimum atomic E-state index is -4.60. The molecule has 4 aromatic rings. The molecule has 1 fully saturated rings. The molecule has 5 rings (SSSR count). The summed E-state index contributed by atoms with van der Waals surface area (Å²) in [7, 11) is 5.08. The first-order valence-electron chi connectivity index (χ1n) is 13.6. The van der Waals surface area contributed by atoms with Crippen LogP contribution in [-0.2, 0) is 21.4 Å². The number of rotatable bonds is 7. The zero-order valence-electron chi connectivity index (χ0n) is 24.7. The second-order valence-corrected chi connectivity index (χ2v) is 10.1. The van der Waals surface area contributed by atoms with Crippen LogP contribution in [0.1, 0.15) is 5.56 Å². The molecular formula is C29H34F3N9O3. The van der Waals surface area contributed by atoms with Gasteiger partial charge in [0.2, 0.25) is 12.3 Å². The summed E-state index contributed by atoms with van der Waals surface area (Å²) >= 11 is 0. The number of pyridine rings is 2. The monoisotopic (exact) mass is 613 g/mol. The van der Waals surface area contributed by atoms with Crippen LogP contribution in [0, 0.1) is 6.92 Å². The van der Waals surface area contributed by atoms with Crippen LogP contribution in [0.3, 0.4) is 0 Å². The fourth-order valence-corrected chi connectivity index (χ4v) is 5.01. The van der Waals surface area contributed by atoms with Gasteiger partial charge in [0, 0.05) is 37.8 Å². The van der Waals surface area contributed by atoms with E-state index in [0.29, 0.717) is 29.2 Å². The number of nitrogens with zero attached hydrogens (tertiary/aromatic N) is 7. The van der Waals surface area contributed by atoms with Crippen LogP contribution in [-0.4, -0.2) is 89.6 Å². The van der Waals surface area contributed by atoms with Crippen molar-refractivity contribution in [3.8, 4) is 11.3 Å². The molecule has 0 spiro atoms. The molecule has 3 aromatic heterocycles. The van der Waals surface area contributed by atoms with E-state index in [1.807, 2.05) is 20.0 Å². The lowest BCUT2D eigenvalue weighted by molar-refractivity contribution is -0.212. The van der Waals surface area contributed by atoms with Crippen molar-refractivity contribution < 1.29 is 27.5 Å². The van der Waals surface area contributed by atoms with Gasteiger partial charge < -0.3 is 14.5 Å². The van der Waals surface area contributed by atoms with Crippen molar-refractivity contribution in [2.45, 2.75) is 19.1 Å². The Kier molecular flexibility index (Phi) is 10.1. The van der Waals surface area contributed by atoms with Crippen molar-refractivity contribution >= 4 is 40.3 Å². The number of carbonyl (C=O) groups is 2. The molecule has 234 valence electrons. The number of ether oxygens (including phenoxy) is 1. The number of likely N-dealkylation sites (N-methyl/N-ethyl adjacent to an activating group) is 1. The van der Waals surface area contributed by atoms with Crippen LogP contribution in [0.25, 0.3) is 22.2 Å². The van der Waals surface area contributed by atoms with Gasteiger partial charge in [0.05, 0.1) is 66.6 Å². The van der Waals surface area contributed by atoms with Crippen molar-refractivity contribution in [1.82, 2.24) is 30.1 Å². The van der Waals surface area contributed by atoms with Gasteiger partial charge in [-0.3, -0.25) is 40.4 Å². The Morgan fingerprint density at radius 3 is 2.61 bits per heavy atom. The number of fused-ring (bicyclic) bond motifs is 1. The first-order chi connectivity index (χ1) is 21.0. The summed E-state index contributed by atoms with van der Waals surface area (Å²) in [4.78, 5) is 38.1. The van der Waals surface area contributed by atoms with Crippen molar-refractivity contribution in [3.63, 3.8) is 0 Å². The van der Waals surface area contributed by atoms with Crippen LogP contribution in [0.4, 0.5) is 30.2 Å². The van der Waals surface area contributed by atoms with Crippen LogP contribution in [0.2, 0.25) is 0 Å². The largest absolute Gasteiger partial charge is 0.411 e. The number of hydrogen-bond donors (Lipinski definition) is 2. The number of morpholine rings is 1. The van der Waals surface area contributed by atoms with Crippen molar-refractivity contribution in [2.24, 2.45) is 12.9 Å². The third kappa shape index (κ3) is 6.79. The maximum Gasteiger partial charge on any atom is 0.411 e. The predicted molar refractivity (Wildman–Crippen MR) is 160 cm³/mol. The van der Waals surface area contributed by atoms with Gasteiger partial charge in [0.15, 0.2) is 6.04 Å². The molecule has 2 amide bonds. The van der Waals surface area contributed by atoms with E-state index in [2.05, 4.69) is 26.3 Å². The Labute approximate surface area is 252 Å². The Morgan fingerprint density at radius 1 is 1.20 bits per heavy atom. The van der Waals surface area contributed by atoms with Crippen LogP contribution >= 0.6 is 0 Å². The van der Waals surface area contributed by atoms with Gasteiger partial charge in [-0.1, -0.05) is 12.1 Å². The maximum atomic E-state index is 13.5. The van der Waals surface area contributed by atoms with Gasteiger partial charge >= 0.3 is 6.18 Å². The molecule has 1 atom stereocenters. The minimum Gasteiger partial charge on any atom is -0.377 e. The Bertz CT molecular complexity index is 1590. The summed E-state index contributed by atoms with van der Waals surface area (Å²) in [5.74, 6) is 3.91. The molecule has 0 saturated carbocycles. The smallest absolute Gasteiger partial charge is 0.377 e. The normalized spacial score (nSPS) is 15.0. The molecule has 15 heteroatoms. The summed E-state index contributed by atoms with van der Waals surface area (Å²) in [6.45, 7) is 0.767. The zero-order valence-corrected chi connectivity index (χ0v) is 24.7. The van der Waals surface area contributed by atoms with Gasteiger partial charge in [-0.05, 0) is 37.7 Å². The molecule has 1 unspecified atom stereocenters. The molecule has 1 saturated heterocycles. The van der Waals surface area contributed by atoms with Gasteiger partial charge in [-0.15, -0.1) is 0 Å². The molecule has 1 aliphatic rings. The highest BCUT2D eigenvalue weighted by Crippen LogP contribution is 2.37. The summed E-state index contributed by atoms with van der Waals surface area (Å²) in [6, 6.07) is 6.80. The lowest BCUT2D eigenvalue weighted by Gasteiger charge is -2.37. The number of aryl methyl sites for hydroxylation is 2. The number of halogens is 3. The third-order valence-electron chi connectivity index (χ3n) is 7.15. The van der Waals surface area contributed by atoms with E-state index < -0.39 is 24.7 Å². The molecule has 0 radical (unpaired) electrons. The van der Waals surface area contributed by atoms with E-state index in [1.54, 1.807) is 72.7 Å². The van der Waals surface area contributed by atoms with E-state index in [1.165, 1.54) is 4.90 Å². The number of benzene rings is 1. The number of alkyl halides is 3. The molecule has 1 aliphatic heterocycles. The number of nitrogens with one attached hydrogen (secondary N) is 1. The van der Waals surface area contributed by atoms with E-state index in [0.717, 1.165) is 26.9 Å². The Hall–Kier alpha value is -4.60. The average Bonchev–Trinajstić information content (AvgIpc) is 3.39. The summed E-state index contributed by atoms with van der Waals surface area (Å²) in [5.41, 5.74) is 6.70. The van der Waals surface area contributed by atoms with Gasteiger partial charge in [0.1, 0.15) is 0 Å². The van der Waals surface area contributed by atoms with Crippen LogP contribution in [0.15, 0.2) is 55.1 Å². The number of aromatic nitrogens is 4. The molecule has 44 heavy (non-hydrogen) atoms. The lowest BCUT2D eigenvalue weighted by atomic mass is 10.1. The van der Waals surface area contributed by atoms with E-state index >= 15 is 0 Å². The lowest BCUT2D eigenvalue weighted by Crippen LogP contribution is -2.57. The van der Waals surface area contributed by atoms with E-state index in [-0.39, 0.29) is 19.7 Å². The highest BCUT2D eigenvalue weighted by atomic mass is 19.4. The summed E-state index contributed by atoms with van der Waals surface area (Å²) in [5, 5.41) is 5.17. The zero-order chi connectivity index (χ0) is 32.0. The van der Waals surface area contributed by atoms with Crippen molar-refractivity contribution in [2.75, 3.05) is 50.2 Å². The summed E-state index contributed by atoms with van der Waals surface area (Å²) in [6.07, 6.45) is 2.76. The molecular weight excluding hydrogens is 579 g/mol. The molecule has 3 N–H and O–H groups in total. The number of carbonyl (C=O) groups excluding carboxylic acids is 2. The highest BCUT2D eigenvalue weighted by molar-refractivity contribution is 5.96. The fourth-order valence-electron chi connectivity index (χ4n) is 5.01. The standard InChI is InChI=1S/C28H28F3N7O3.CH6N2/c1-18-5-4-6-23(35(2)15-26(40)37-9-10-41-16-25(37)28(29,30)31)27(18)38(17-39)19-7-8-22(33-11-19)20-12-32-14-24-21(20)13-34-36(24)3;1-3-2/h4-8,11-14,17,25H,9-10,15-16H2,1-3H3;3H,2H2,1H3. The van der Waals surface area contributed by atoms with Crippen molar-refractivity contribution in [3.05, 3.63) is 60.7 Å². The third-order valence-corrected chi connectivity index (χ3v) is 7.15. The number of hydrogen-bond acceptors (Lipinski definition) is 9. The minimum absolute atomic E-state index is 0.0327. The number of hydrazine groups is 1. The van der Waals surface area contributed by atoms with E-state index in [4.69, 9.17) is 4.74 Å². The molecule has 4 heterocycles. The van der Waals surface area contributed by atoms with Gasteiger partial charge in [0.25, 0.3) is 0 Å². The fraction of sp³-hybridized carbons (Fsp3) is 0.345. The quantitative estimate of drug-likeness (QED) is 0.183. The van der Waals surface area contributed by atoms with Gasteiger partial charge in [-0.2, -0.15) is 18.3 Å².